The smallest absolute Gasteiger partial charge is 0.122 e. The molecule has 0 amide bonds. The number of ether oxygens (including phenoxy) is 3. The first-order chi connectivity index (χ1) is 18.3. The lowest BCUT2D eigenvalue weighted by atomic mass is 9.76. The van der Waals surface area contributed by atoms with Crippen LogP contribution in [0.2, 0.25) is 0 Å². The molecule has 37 heavy (non-hydrogen) atoms. The van der Waals surface area contributed by atoms with Gasteiger partial charge in [-0.3, -0.25) is 0 Å². The van der Waals surface area contributed by atoms with Gasteiger partial charge < -0.3 is 18.8 Å². The van der Waals surface area contributed by atoms with Crippen LogP contribution in [0.25, 0.3) is 0 Å². The zero-order valence-corrected chi connectivity index (χ0v) is 22.2. The highest BCUT2D eigenvalue weighted by atomic mass is 31.1. The molecular formula is C32H33O4P. The summed E-state index contributed by atoms with van der Waals surface area (Å²) in [6.07, 6.45) is -0.0335. The highest BCUT2D eigenvalue weighted by Crippen LogP contribution is 2.52. The Balaban J connectivity index is 1.65. The number of hydrogen-bond acceptors (Lipinski definition) is 4. The zero-order valence-electron chi connectivity index (χ0n) is 21.0. The summed E-state index contributed by atoms with van der Waals surface area (Å²) in [4.78, 5) is 0. The van der Waals surface area contributed by atoms with Gasteiger partial charge in [0.1, 0.15) is 11.9 Å². The lowest BCUT2D eigenvalue weighted by Crippen LogP contribution is -2.52. The minimum absolute atomic E-state index is 0.0105. The molecule has 0 aliphatic carbocycles. The maximum Gasteiger partial charge on any atom is 0.122 e. The van der Waals surface area contributed by atoms with Crippen molar-refractivity contribution in [3.05, 3.63) is 138 Å². The topological polar surface area (TPSA) is 44.8 Å². The second-order valence-electron chi connectivity index (χ2n) is 9.41. The molecule has 1 aliphatic rings. The van der Waals surface area contributed by atoms with Crippen LogP contribution < -0.4 is 4.74 Å². The molecule has 4 aromatic carbocycles. The summed E-state index contributed by atoms with van der Waals surface area (Å²) in [5.74, 6) is 0.845. The van der Waals surface area contributed by atoms with Crippen molar-refractivity contribution in [2.24, 2.45) is 0 Å². The van der Waals surface area contributed by atoms with Crippen LogP contribution in [-0.4, -0.2) is 25.9 Å². The second kappa shape index (κ2) is 11.9. The van der Waals surface area contributed by atoms with Crippen molar-refractivity contribution in [3.63, 3.8) is 0 Å². The number of benzene rings is 4. The summed E-state index contributed by atoms with van der Waals surface area (Å²) >= 11 is 0. The average molecular weight is 513 g/mol. The first-order valence-electron chi connectivity index (χ1n) is 12.8. The lowest BCUT2D eigenvalue weighted by Gasteiger charge is -2.47. The predicted molar refractivity (Wildman–Crippen MR) is 149 cm³/mol. The molecule has 0 spiro atoms. The van der Waals surface area contributed by atoms with Gasteiger partial charge in [0.2, 0.25) is 0 Å². The zero-order chi connectivity index (χ0) is 25.5. The number of rotatable bonds is 9. The molecule has 0 radical (unpaired) electrons. The summed E-state index contributed by atoms with van der Waals surface area (Å²) in [6.45, 7) is 0.976. The lowest BCUT2D eigenvalue weighted by molar-refractivity contribution is -0.133. The van der Waals surface area contributed by atoms with Gasteiger partial charge in [0.15, 0.2) is 0 Å². The third-order valence-corrected chi connectivity index (χ3v) is 8.75. The van der Waals surface area contributed by atoms with Gasteiger partial charge in [-0.1, -0.05) is 109 Å². The van der Waals surface area contributed by atoms with Crippen molar-refractivity contribution < 1.29 is 18.8 Å². The third-order valence-electron chi connectivity index (χ3n) is 7.38. The van der Waals surface area contributed by atoms with E-state index < -0.39 is 19.7 Å². The van der Waals surface area contributed by atoms with Crippen LogP contribution >= 0.6 is 8.46 Å². The van der Waals surface area contributed by atoms with E-state index in [0.29, 0.717) is 13.2 Å². The molecule has 4 atom stereocenters. The maximum absolute atomic E-state index is 13.6. The van der Waals surface area contributed by atoms with Gasteiger partial charge in [0, 0.05) is 12.5 Å². The van der Waals surface area contributed by atoms with Gasteiger partial charge in [-0.15, -0.1) is 0 Å². The molecule has 0 saturated carbocycles. The van der Waals surface area contributed by atoms with Crippen LogP contribution in [0.1, 0.15) is 34.6 Å². The Morgan fingerprint density at radius 2 is 1.38 bits per heavy atom. The van der Waals surface area contributed by atoms with Gasteiger partial charge in [-0.05, 0) is 34.7 Å². The fourth-order valence-corrected chi connectivity index (χ4v) is 6.66. The fraction of sp³-hybridized carbons (Fsp3) is 0.250. The van der Waals surface area contributed by atoms with Crippen LogP contribution in [0.3, 0.4) is 0 Å². The van der Waals surface area contributed by atoms with E-state index in [0.717, 1.165) is 34.4 Å². The molecule has 0 N–H and O–H groups in total. The quantitative estimate of drug-likeness (QED) is 0.230. The van der Waals surface area contributed by atoms with Crippen molar-refractivity contribution in [3.8, 4) is 5.75 Å². The molecule has 4 nitrogen and oxygen atoms in total. The van der Waals surface area contributed by atoms with E-state index in [1.54, 1.807) is 7.11 Å². The highest BCUT2D eigenvalue weighted by Gasteiger charge is 2.51. The number of para-hydroxylation sites is 1. The maximum atomic E-state index is 13.6. The Morgan fingerprint density at radius 3 is 1.97 bits per heavy atom. The minimum Gasteiger partial charge on any atom is -0.496 e. The molecule has 1 saturated heterocycles. The van der Waals surface area contributed by atoms with E-state index in [1.165, 1.54) is 0 Å². The number of hydrogen-bond donors (Lipinski definition) is 0. The summed E-state index contributed by atoms with van der Waals surface area (Å²) < 4.78 is 32.8. The summed E-state index contributed by atoms with van der Waals surface area (Å²) in [5.41, 5.74) is 4.13. The van der Waals surface area contributed by atoms with Gasteiger partial charge in [-0.25, -0.2) is 0 Å². The van der Waals surface area contributed by atoms with E-state index in [4.69, 9.17) is 14.2 Å². The van der Waals surface area contributed by atoms with E-state index in [9.17, 15) is 4.57 Å². The molecule has 1 fully saturated rings. The Kier molecular flexibility index (Phi) is 8.21. The third kappa shape index (κ3) is 5.15. The van der Waals surface area contributed by atoms with E-state index in [2.05, 4.69) is 42.5 Å². The minimum atomic E-state index is -1.31. The summed E-state index contributed by atoms with van der Waals surface area (Å²) in [6, 6.07) is 38.5. The molecule has 5 rings (SSSR count). The van der Waals surface area contributed by atoms with Gasteiger partial charge in [0.05, 0.1) is 33.4 Å². The normalized spacial score (nSPS) is 20.2. The summed E-state index contributed by atoms with van der Waals surface area (Å²) in [5, 5.41) is -0.843. The van der Waals surface area contributed by atoms with Crippen molar-refractivity contribution >= 4 is 8.46 Å². The van der Waals surface area contributed by atoms with Crippen molar-refractivity contribution in [1.82, 2.24) is 0 Å². The molecule has 1 aliphatic heterocycles. The van der Waals surface area contributed by atoms with Crippen molar-refractivity contribution in [2.45, 2.75) is 36.3 Å². The molecule has 4 aromatic rings. The van der Waals surface area contributed by atoms with Gasteiger partial charge in [0.25, 0.3) is 0 Å². The molecule has 1 heterocycles. The van der Waals surface area contributed by atoms with E-state index in [1.807, 2.05) is 72.8 Å². The van der Waals surface area contributed by atoms with Crippen molar-refractivity contribution in [2.75, 3.05) is 13.7 Å². The SMILES string of the molecule is COc1ccccc1C1CCOC(C([PH2]=O)(c2ccccc2)c2ccccc2)C1OCc1ccccc1. The van der Waals surface area contributed by atoms with Gasteiger partial charge in [-0.2, -0.15) is 0 Å². The van der Waals surface area contributed by atoms with Crippen LogP contribution in [0.5, 0.6) is 5.75 Å². The monoisotopic (exact) mass is 512 g/mol. The first-order valence-corrected chi connectivity index (χ1v) is 13.8. The molecule has 0 aromatic heterocycles. The Labute approximate surface area is 220 Å². The average Bonchev–Trinajstić information content (AvgIpc) is 2.98. The standard InChI is InChI=1S/C32H33O4P/c1-34-29-20-12-11-19-27(29)28-21-22-35-31(30(28)36-23-24-13-5-2-6-14-24)32(37-33,25-15-7-3-8-16-25)26-17-9-4-10-18-26/h2-20,28,30-31H,21-23,37H2,1H3. The largest absolute Gasteiger partial charge is 0.496 e. The molecular weight excluding hydrogens is 479 g/mol. The number of methoxy groups -OCH3 is 1. The van der Waals surface area contributed by atoms with Crippen molar-refractivity contribution in [1.29, 1.82) is 0 Å². The first kappa shape index (κ1) is 25.5. The van der Waals surface area contributed by atoms with Gasteiger partial charge >= 0.3 is 0 Å². The van der Waals surface area contributed by atoms with Crippen LogP contribution in [0, 0.1) is 0 Å². The molecule has 190 valence electrons. The molecule has 0 bridgehead atoms. The van der Waals surface area contributed by atoms with Crippen LogP contribution in [-0.2, 0) is 25.8 Å². The van der Waals surface area contributed by atoms with Crippen LogP contribution in [0.4, 0.5) is 0 Å². The van der Waals surface area contributed by atoms with Crippen LogP contribution in [0.15, 0.2) is 115 Å². The molecule has 5 heteroatoms. The predicted octanol–water partition coefficient (Wildman–Crippen LogP) is 6.85. The molecule has 4 unspecified atom stereocenters. The van der Waals surface area contributed by atoms with E-state index in [-0.39, 0.29) is 12.0 Å². The summed E-state index contributed by atoms with van der Waals surface area (Å²) in [7, 11) is 0.396. The Morgan fingerprint density at radius 1 is 0.811 bits per heavy atom. The Bertz CT molecular complexity index is 1240. The fourth-order valence-electron chi connectivity index (χ4n) is 5.58. The Hall–Kier alpha value is -3.17. The highest BCUT2D eigenvalue weighted by molar-refractivity contribution is 7.26. The van der Waals surface area contributed by atoms with E-state index >= 15 is 0 Å². The second-order valence-corrected chi connectivity index (χ2v) is 10.6.